The Labute approximate surface area is 92.9 Å². The molecule has 0 aromatic carbocycles. The van der Waals surface area contributed by atoms with E-state index in [-0.39, 0.29) is 19.3 Å². The van der Waals surface area contributed by atoms with Gasteiger partial charge in [0.15, 0.2) is 0 Å². The molecule has 6 nitrogen and oxygen atoms in total. The van der Waals surface area contributed by atoms with Gasteiger partial charge < -0.3 is 15.3 Å². The van der Waals surface area contributed by atoms with Gasteiger partial charge in [-0.05, 0) is 26.7 Å². The van der Waals surface area contributed by atoms with Gasteiger partial charge in [-0.1, -0.05) is 0 Å². The smallest absolute Gasteiger partial charge is 0.309 e. The molecule has 0 aliphatic heterocycles. The van der Waals surface area contributed by atoms with Crippen LogP contribution >= 0.6 is 0 Å². The second kappa shape index (κ2) is 5.48. The number of carboxylic acid groups (broad SMARTS) is 3. The normalized spacial score (nSPS) is 13.1. The second-order valence-corrected chi connectivity index (χ2v) is 4.36. The maximum Gasteiger partial charge on any atom is 0.309 e. The quantitative estimate of drug-likeness (QED) is 0.604. The molecule has 0 bridgehead atoms. The molecule has 0 spiro atoms. The summed E-state index contributed by atoms with van der Waals surface area (Å²) in [6, 6.07) is 0. The second-order valence-electron chi connectivity index (χ2n) is 4.36. The third-order valence-corrected chi connectivity index (χ3v) is 2.39. The zero-order chi connectivity index (χ0) is 12.9. The van der Waals surface area contributed by atoms with Gasteiger partial charge in [0.2, 0.25) is 0 Å². The highest BCUT2D eigenvalue weighted by Crippen LogP contribution is 2.28. The van der Waals surface area contributed by atoms with E-state index in [1.807, 2.05) is 0 Å². The van der Waals surface area contributed by atoms with Crippen molar-refractivity contribution in [2.75, 3.05) is 0 Å². The Bertz CT molecular complexity index is 294. The molecule has 16 heavy (non-hydrogen) atoms. The molecular weight excluding hydrogens is 216 g/mol. The van der Waals surface area contributed by atoms with Gasteiger partial charge in [0.25, 0.3) is 0 Å². The maximum absolute atomic E-state index is 10.8. The van der Waals surface area contributed by atoms with Crippen molar-refractivity contribution in [3.63, 3.8) is 0 Å². The van der Waals surface area contributed by atoms with Gasteiger partial charge >= 0.3 is 17.9 Å². The van der Waals surface area contributed by atoms with Crippen LogP contribution < -0.4 is 0 Å². The van der Waals surface area contributed by atoms with Crippen LogP contribution in [0, 0.1) is 11.3 Å². The van der Waals surface area contributed by atoms with E-state index in [4.69, 9.17) is 15.3 Å². The Morgan fingerprint density at radius 1 is 1.12 bits per heavy atom. The number of hydrogen-bond donors (Lipinski definition) is 3. The number of rotatable bonds is 7. The molecule has 1 atom stereocenters. The Kier molecular flexibility index (Phi) is 4.94. The van der Waals surface area contributed by atoms with E-state index >= 15 is 0 Å². The van der Waals surface area contributed by atoms with Gasteiger partial charge in [-0.2, -0.15) is 0 Å². The van der Waals surface area contributed by atoms with Crippen molar-refractivity contribution in [1.29, 1.82) is 0 Å². The first-order chi connectivity index (χ1) is 7.16. The molecule has 0 saturated carbocycles. The predicted molar refractivity (Wildman–Crippen MR) is 54.0 cm³/mol. The zero-order valence-corrected chi connectivity index (χ0v) is 9.27. The Morgan fingerprint density at radius 3 is 1.94 bits per heavy atom. The molecule has 0 saturated heterocycles. The van der Waals surface area contributed by atoms with Crippen molar-refractivity contribution in [1.82, 2.24) is 0 Å². The molecule has 0 aliphatic carbocycles. The summed E-state index contributed by atoms with van der Waals surface area (Å²) < 4.78 is 0. The molecule has 6 heteroatoms. The molecule has 0 rings (SSSR count). The fourth-order valence-corrected chi connectivity index (χ4v) is 1.31. The number of hydrogen-bond acceptors (Lipinski definition) is 3. The first-order valence-electron chi connectivity index (χ1n) is 4.85. The molecule has 0 aliphatic rings. The lowest BCUT2D eigenvalue weighted by molar-refractivity contribution is -0.150. The van der Waals surface area contributed by atoms with Gasteiger partial charge in [-0.3, -0.25) is 14.4 Å². The van der Waals surface area contributed by atoms with Crippen molar-refractivity contribution in [2.24, 2.45) is 11.3 Å². The largest absolute Gasteiger partial charge is 0.481 e. The highest BCUT2D eigenvalue weighted by atomic mass is 16.4. The van der Waals surface area contributed by atoms with Crippen molar-refractivity contribution < 1.29 is 29.7 Å². The van der Waals surface area contributed by atoms with Crippen LogP contribution in [-0.4, -0.2) is 33.2 Å². The minimum absolute atomic E-state index is 0.0542. The van der Waals surface area contributed by atoms with Crippen molar-refractivity contribution >= 4 is 17.9 Å². The van der Waals surface area contributed by atoms with E-state index in [0.29, 0.717) is 0 Å². The van der Waals surface area contributed by atoms with Crippen LogP contribution in [0.5, 0.6) is 0 Å². The third kappa shape index (κ3) is 4.77. The SMILES string of the molecule is CC(C)(CC(CCC(=O)O)C(=O)O)C(=O)O. The van der Waals surface area contributed by atoms with Crippen LogP contribution in [0.2, 0.25) is 0 Å². The summed E-state index contributed by atoms with van der Waals surface area (Å²) in [5, 5.41) is 26.1. The molecule has 0 aromatic heterocycles. The van der Waals surface area contributed by atoms with Crippen LogP contribution in [0.15, 0.2) is 0 Å². The lowest BCUT2D eigenvalue weighted by atomic mass is 9.81. The number of carbonyl (C=O) groups is 3. The van der Waals surface area contributed by atoms with Gasteiger partial charge in [0.05, 0.1) is 11.3 Å². The zero-order valence-electron chi connectivity index (χ0n) is 9.27. The summed E-state index contributed by atoms with van der Waals surface area (Å²) in [6.07, 6.45) is -0.404. The van der Waals surface area contributed by atoms with E-state index in [1.54, 1.807) is 0 Å². The lowest BCUT2D eigenvalue weighted by Gasteiger charge is -2.23. The van der Waals surface area contributed by atoms with Gasteiger partial charge in [-0.25, -0.2) is 0 Å². The number of carboxylic acids is 3. The highest BCUT2D eigenvalue weighted by molar-refractivity contribution is 5.76. The molecule has 0 amide bonds. The summed E-state index contributed by atoms with van der Waals surface area (Å²) in [6.45, 7) is 2.85. The average molecular weight is 232 g/mol. The topological polar surface area (TPSA) is 112 Å². The molecule has 92 valence electrons. The van der Waals surface area contributed by atoms with Gasteiger partial charge in [0, 0.05) is 6.42 Å². The van der Waals surface area contributed by atoms with Crippen LogP contribution in [0.4, 0.5) is 0 Å². The van der Waals surface area contributed by atoms with E-state index in [9.17, 15) is 14.4 Å². The van der Waals surface area contributed by atoms with Crippen LogP contribution in [0.3, 0.4) is 0 Å². The van der Waals surface area contributed by atoms with E-state index < -0.39 is 29.2 Å². The monoisotopic (exact) mass is 232 g/mol. The van der Waals surface area contributed by atoms with Gasteiger partial charge in [-0.15, -0.1) is 0 Å². The summed E-state index contributed by atoms with van der Waals surface area (Å²) in [4.78, 5) is 32.0. The predicted octanol–water partition coefficient (Wildman–Crippen LogP) is 1.05. The number of aliphatic carboxylic acids is 3. The third-order valence-electron chi connectivity index (χ3n) is 2.39. The molecule has 3 N–H and O–H groups in total. The summed E-state index contributed by atoms with van der Waals surface area (Å²) >= 11 is 0. The van der Waals surface area contributed by atoms with Crippen molar-refractivity contribution in [3.8, 4) is 0 Å². The lowest BCUT2D eigenvalue weighted by Crippen LogP contribution is -2.30. The summed E-state index contributed by atoms with van der Waals surface area (Å²) in [7, 11) is 0. The summed E-state index contributed by atoms with van der Waals surface area (Å²) in [5.41, 5.74) is -1.17. The Hall–Kier alpha value is -1.59. The maximum atomic E-state index is 10.8. The fourth-order valence-electron chi connectivity index (χ4n) is 1.31. The first kappa shape index (κ1) is 14.4. The molecule has 0 aromatic rings. The molecule has 0 heterocycles. The van der Waals surface area contributed by atoms with Crippen molar-refractivity contribution in [2.45, 2.75) is 33.1 Å². The minimum Gasteiger partial charge on any atom is -0.481 e. The van der Waals surface area contributed by atoms with E-state index in [1.165, 1.54) is 13.8 Å². The first-order valence-corrected chi connectivity index (χ1v) is 4.85. The highest BCUT2D eigenvalue weighted by Gasteiger charge is 2.33. The Balaban J connectivity index is 4.51. The minimum atomic E-state index is -1.17. The molecule has 1 unspecified atom stereocenters. The van der Waals surface area contributed by atoms with E-state index in [2.05, 4.69) is 0 Å². The summed E-state index contributed by atoms with van der Waals surface area (Å²) in [5.74, 6) is -4.27. The van der Waals surface area contributed by atoms with E-state index in [0.717, 1.165) is 0 Å². The van der Waals surface area contributed by atoms with Crippen molar-refractivity contribution in [3.05, 3.63) is 0 Å². The molecule has 0 fully saturated rings. The van der Waals surface area contributed by atoms with Crippen LogP contribution in [-0.2, 0) is 14.4 Å². The molecule has 0 radical (unpaired) electrons. The van der Waals surface area contributed by atoms with Crippen LogP contribution in [0.1, 0.15) is 33.1 Å². The average Bonchev–Trinajstić information content (AvgIpc) is 2.11. The van der Waals surface area contributed by atoms with Gasteiger partial charge in [0.1, 0.15) is 0 Å². The Morgan fingerprint density at radius 2 is 1.62 bits per heavy atom. The standard InChI is InChI=1S/C10H16O6/c1-10(2,9(15)16)5-6(8(13)14)3-4-7(11)12/h6H,3-5H2,1-2H3,(H,11,12)(H,13,14)(H,15,16). The fraction of sp³-hybridized carbons (Fsp3) is 0.700. The molecular formula is C10H16O6. The van der Waals surface area contributed by atoms with Crippen LogP contribution in [0.25, 0.3) is 0 Å².